The minimum Gasteiger partial charge on any atom is -0.406 e. The second-order valence-electron chi connectivity index (χ2n) is 10.8. The van der Waals surface area contributed by atoms with Gasteiger partial charge in [-0.25, -0.2) is 0 Å². The molecule has 2 nitrogen and oxygen atoms in total. The van der Waals surface area contributed by atoms with Crippen molar-refractivity contribution in [3.8, 4) is 0 Å². The van der Waals surface area contributed by atoms with Crippen molar-refractivity contribution in [2.45, 2.75) is 121 Å². The Morgan fingerprint density at radius 3 is 1.52 bits per heavy atom. The third-order valence-corrected chi connectivity index (χ3v) is 13.3. The van der Waals surface area contributed by atoms with Crippen LogP contribution in [-0.4, -0.2) is 27.4 Å². The zero-order chi connectivity index (χ0) is 18.1. The van der Waals surface area contributed by atoms with Crippen LogP contribution in [0.2, 0.25) is 24.1 Å². The van der Waals surface area contributed by atoms with Crippen LogP contribution in [0, 0.1) is 11.8 Å². The Hall–Kier alpha value is 0.202. The first-order chi connectivity index (χ1) is 11.8. The van der Waals surface area contributed by atoms with E-state index in [0.717, 1.165) is 17.8 Å². The van der Waals surface area contributed by atoms with Crippen LogP contribution in [0.5, 0.6) is 0 Å². The Balaban J connectivity index is 1.70. The van der Waals surface area contributed by atoms with Crippen molar-refractivity contribution in [1.82, 2.24) is 0 Å². The molecule has 0 N–H and O–H groups in total. The van der Waals surface area contributed by atoms with Gasteiger partial charge in [-0.3, -0.25) is 0 Å². The molecule has 0 aromatic carbocycles. The fourth-order valence-electron chi connectivity index (χ4n) is 5.04. The lowest BCUT2D eigenvalue weighted by Gasteiger charge is -2.37. The first kappa shape index (κ1) is 19.9. The van der Waals surface area contributed by atoms with Crippen LogP contribution in [-0.2, 0) is 9.31 Å². The van der Waals surface area contributed by atoms with E-state index >= 15 is 0 Å². The highest BCUT2D eigenvalue weighted by atomic mass is 28.3. The molecule has 3 rings (SSSR count). The van der Waals surface area contributed by atoms with Gasteiger partial charge in [0.25, 0.3) is 0 Å². The van der Waals surface area contributed by atoms with E-state index in [1.54, 1.807) is 0 Å². The van der Waals surface area contributed by atoms with E-state index < -0.39 is 8.07 Å². The molecule has 2 saturated carbocycles. The minimum atomic E-state index is -1.38. The fourth-order valence-corrected chi connectivity index (χ4v) is 6.68. The van der Waals surface area contributed by atoms with Crippen LogP contribution in [0.25, 0.3) is 0 Å². The van der Waals surface area contributed by atoms with E-state index in [9.17, 15) is 0 Å². The second-order valence-corrected chi connectivity index (χ2v) is 16.4. The van der Waals surface area contributed by atoms with Crippen LogP contribution in [0.4, 0.5) is 0 Å². The summed E-state index contributed by atoms with van der Waals surface area (Å²) in [7, 11) is -1.31. The SMILES string of the molecule is CC(C)(C)[Si](C)(C)CB1O[C@@H](C2CCCCC2)[C@H](C2CCCCC2)O1. The molecule has 1 heterocycles. The highest BCUT2D eigenvalue weighted by molar-refractivity contribution is 6.87. The van der Waals surface area contributed by atoms with Gasteiger partial charge >= 0.3 is 7.12 Å². The molecule has 2 aliphatic carbocycles. The van der Waals surface area contributed by atoms with Crippen LogP contribution in [0.1, 0.15) is 85.0 Å². The van der Waals surface area contributed by atoms with Gasteiger partial charge in [0.15, 0.2) is 0 Å². The van der Waals surface area contributed by atoms with E-state index in [4.69, 9.17) is 9.31 Å². The smallest absolute Gasteiger partial charge is 0.406 e. The first-order valence-corrected chi connectivity index (χ1v) is 14.3. The third-order valence-electron chi connectivity index (χ3n) is 7.88. The Morgan fingerprint density at radius 2 is 1.16 bits per heavy atom. The highest BCUT2D eigenvalue weighted by Gasteiger charge is 2.50. The van der Waals surface area contributed by atoms with Crippen molar-refractivity contribution in [3.05, 3.63) is 0 Å². The summed E-state index contributed by atoms with van der Waals surface area (Å²) in [4.78, 5) is 0. The molecule has 0 bridgehead atoms. The summed E-state index contributed by atoms with van der Waals surface area (Å²) >= 11 is 0. The van der Waals surface area contributed by atoms with Gasteiger partial charge in [-0.05, 0) is 48.5 Å². The molecule has 1 aliphatic heterocycles. The molecule has 0 amide bonds. The first-order valence-electron chi connectivity index (χ1n) is 11.1. The van der Waals surface area contributed by atoms with E-state index in [0.29, 0.717) is 17.2 Å². The lowest BCUT2D eigenvalue weighted by atomic mass is 9.77. The van der Waals surface area contributed by atoms with Crippen molar-refractivity contribution in [2.75, 3.05) is 0 Å². The van der Waals surface area contributed by atoms with Crippen molar-refractivity contribution >= 4 is 15.2 Å². The van der Waals surface area contributed by atoms with E-state index in [1.807, 2.05) is 0 Å². The fraction of sp³-hybridized carbons (Fsp3) is 1.00. The molecular formula is C21H41BO2Si. The van der Waals surface area contributed by atoms with Gasteiger partial charge in [0.05, 0.1) is 20.3 Å². The third kappa shape index (κ3) is 4.73. The molecule has 144 valence electrons. The van der Waals surface area contributed by atoms with Crippen LogP contribution in [0.3, 0.4) is 0 Å². The summed E-state index contributed by atoms with van der Waals surface area (Å²) in [5.74, 6) is 2.67. The Kier molecular flexibility index (Phi) is 6.43. The van der Waals surface area contributed by atoms with Gasteiger partial charge in [-0.15, -0.1) is 0 Å². The zero-order valence-corrected chi connectivity index (χ0v) is 18.5. The molecule has 2 atom stereocenters. The number of hydrogen-bond donors (Lipinski definition) is 0. The largest absolute Gasteiger partial charge is 0.454 e. The van der Waals surface area contributed by atoms with Crippen LogP contribution in [0.15, 0.2) is 0 Å². The predicted octanol–water partition coefficient (Wildman–Crippen LogP) is 6.47. The summed E-state index contributed by atoms with van der Waals surface area (Å²) in [5, 5.41) is 0.406. The Bertz CT molecular complexity index is 396. The number of hydrogen-bond acceptors (Lipinski definition) is 2. The maximum atomic E-state index is 6.71. The monoisotopic (exact) mass is 364 g/mol. The summed E-state index contributed by atoms with van der Waals surface area (Å²) in [6.45, 7) is 12.3. The molecule has 4 heteroatoms. The second kappa shape index (κ2) is 8.06. The Labute approximate surface area is 158 Å². The molecule has 0 aromatic heterocycles. The molecule has 0 radical (unpaired) electrons. The summed E-state index contributed by atoms with van der Waals surface area (Å²) in [6, 6.07) is 0. The van der Waals surface area contributed by atoms with E-state index in [2.05, 4.69) is 33.9 Å². The van der Waals surface area contributed by atoms with Gasteiger partial charge in [-0.1, -0.05) is 72.4 Å². The van der Waals surface area contributed by atoms with Gasteiger partial charge in [0.2, 0.25) is 0 Å². The maximum Gasteiger partial charge on any atom is 0.454 e. The molecule has 3 aliphatic rings. The van der Waals surface area contributed by atoms with Crippen molar-refractivity contribution in [3.63, 3.8) is 0 Å². The van der Waals surface area contributed by atoms with Gasteiger partial charge in [0.1, 0.15) is 0 Å². The lowest BCUT2D eigenvalue weighted by molar-refractivity contribution is 0.0324. The Morgan fingerprint density at radius 1 is 0.760 bits per heavy atom. The average Bonchev–Trinajstić information content (AvgIpc) is 2.98. The average molecular weight is 364 g/mol. The van der Waals surface area contributed by atoms with Crippen molar-refractivity contribution < 1.29 is 9.31 Å². The molecule has 0 unspecified atom stereocenters. The molecule has 1 saturated heterocycles. The molecular weight excluding hydrogens is 323 g/mol. The highest BCUT2D eigenvalue weighted by Crippen LogP contribution is 2.44. The molecule has 0 aromatic rings. The van der Waals surface area contributed by atoms with Gasteiger partial charge in [0, 0.05) is 0 Å². The molecule has 3 fully saturated rings. The summed E-state index contributed by atoms with van der Waals surface area (Å²) in [6.07, 6.45) is 14.7. The van der Waals surface area contributed by atoms with Crippen molar-refractivity contribution in [2.24, 2.45) is 11.8 Å². The molecule has 0 spiro atoms. The van der Waals surface area contributed by atoms with Crippen molar-refractivity contribution in [1.29, 1.82) is 0 Å². The summed E-state index contributed by atoms with van der Waals surface area (Å²) < 4.78 is 13.4. The standard InChI is InChI=1S/C21H41BO2Si/c1-21(2,3)25(4,5)16-22-23-19(17-12-8-6-9-13-17)20(24-22)18-14-10-7-11-15-18/h17-20H,6-16H2,1-5H3/t19-,20-/m0/s1. The van der Waals surface area contributed by atoms with Gasteiger partial charge < -0.3 is 9.31 Å². The quantitative estimate of drug-likeness (QED) is 0.533. The lowest BCUT2D eigenvalue weighted by Crippen LogP contribution is -2.42. The summed E-state index contributed by atoms with van der Waals surface area (Å²) in [5.41, 5.74) is 0. The van der Waals surface area contributed by atoms with Crippen LogP contribution < -0.4 is 0 Å². The normalized spacial score (nSPS) is 30.8. The minimum absolute atomic E-state index is 0.0692. The number of rotatable bonds is 4. The topological polar surface area (TPSA) is 18.5 Å². The predicted molar refractivity (Wildman–Crippen MR) is 111 cm³/mol. The van der Waals surface area contributed by atoms with E-state index in [-0.39, 0.29) is 7.12 Å². The van der Waals surface area contributed by atoms with Gasteiger partial charge in [-0.2, -0.15) is 0 Å². The maximum absolute atomic E-state index is 6.71. The van der Waals surface area contributed by atoms with E-state index in [1.165, 1.54) is 64.2 Å². The zero-order valence-electron chi connectivity index (χ0n) is 17.5. The van der Waals surface area contributed by atoms with Crippen LogP contribution >= 0.6 is 0 Å². The molecule has 25 heavy (non-hydrogen) atoms.